The van der Waals surface area contributed by atoms with E-state index in [1.807, 2.05) is 12.3 Å². The van der Waals surface area contributed by atoms with Crippen molar-refractivity contribution < 1.29 is 0 Å². The number of hydrogen-bond acceptors (Lipinski definition) is 2. The molecule has 0 N–H and O–H groups in total. The third-order valence-electron chi connectivity index (χ3n) is 3.58. The van der Waals surface area contributed by atoms with Gasteiger partial charge >= 0.3 is 0 Å². The standard InChI is InChI=1S/C19H13NS/c1-2-8-15(9-3-1)18-13-20-19(21-18)17-12-6-10-14-7-4-5-11-16(14)17/h1-13H. The number of thiazole rings is 1. The molecule has 1 heterocycles. The number of nitrogens with zero attached hydrogens (tertiary/aromatic N) is 1. The molecule has 0 radical (unpaired) electrons. The quantitative estimate of drug-likeness (QED) is 0.465. The molecule has 1 aromatic heterocycles. The van der Waals surface area contributed by atoms with Crippen LogP contribution in [-0.4, -0.2) is 4.98 Å². The molecule has 0 spiro atoms. The lowest BCUT2D eigenvalue weighted by atomic mass is 10.1. The Morgan fingerprint density at radius 3 is 2.38 bits per heavy atom. The Hall–Kier alpha value is -2.45. The maximum atomic E-state index is 4.63. The Bertz CT molecular complexity index is 888. The van der Waals surface area contributed by atoms with Gasteiger partial charge < -0.3 is 0 Å². The van der Waals surface area contributed by atoms with Gasteiger partial charge in [0, 0.05) is 11.8 Å². The largest absolute Gasteiger partial charge is 0.244 e. The minimum Gasteiger partial charge on any atom is -0.244 e. The van der Waals surface area contributed by atoms with Crippen molar-refractivity contribution in [1.82, 2.24) is 4.98 Å². The van der Waals surface area contributed by atoms with Gasteiger partial charge in [0.25, 0.3) is 0 Å². The van der Waals surface area contributed by atoms with Crippen LogP contribution in [0.4, 0.5) is 0 Å². The smallest absolute Gasteiger partial charge is 0.124 e. The van der Waals surface area contributed by atoms with Crippen LogP contribution < -0.4 is 0 Å². The predicted octanol–water partition coefficient (Wildman–Crippen LogP) is 5.63. The monoisotopic (exact) mass is 287 g/mol. The highest BCUT2D eigenvalue weighted by Crippen LogP contribution is 2.35. The summed E-state index contributed by atoms with van der Waals surface area (Å²) >= 11 is 1.74. The summed E-state index contributed by atoms with van der Waals surface area (Å²) in [5, 5.41) is 3.59. The zero-order chi connectivity index (χ0) is 14.1. The van der Waals surface area contributed by atoms with Crippen molar-refractivity contribution in [3.63, 3.8) is 0 Å². The molecule has 0 atom stereocenters. The van der Waals surface area contributed by atoms with Crippen molar-refractivity contribution >= 4 is 22.1 Å². The topological polar surface area (TPSA) is 12.9 Å². The van der Waals surface area contributed by atoms with Crippen LogP contribution in [0.25, 0.3) is 31.8 Å². The summed E-state index contributed by atoms with van der Waals surface area (Å²) in [5.74, 6) is 0. The zero-order valence-electron chi connectivity index (χ0n) is 11.4. The highest BCUT2D eigenvalue weighted by Gasteiger charge is 2.09. The van der Waals surface area contributed by atoms with Gasteiger partial charge in [0.15, 0.2) is 0 Å². The molecule has 0 saturated carbocycles. The van der Waals surface area contributed by atoms with Crippen LogP contribution in [0.5, 0.6) is 0 Å². The summed E-state index contributed by atoms with van der Waals surface area (Å²) < 4.78 is 0. The molecule has 0 bridgehead atoms. The van der Waals surface area contributed by atoms with E-state index in [1.165, 1.54) is 26.8 Å². The fraction of sp³-hybridized carbons (Fsp3) is 0. The Labute approximate surface area is 127 Å². The molecule has 3 aromatic carbocycles. The molecule has 0 aliphatic rings. The van der Waals surface area contributed by atoms with Crippen molar-refractivity contribution in [1.29, 1.82) is 0 Å². The fourth-order valence-corrected chi connectivity index (χ4v) is 3.51. The molecular weight excluding hydrogens is 274 g/mol. The van der Waals surface area contributed by atoms with Crippen LogP contribution in [-0.2, 0) is 0 Å². The van der Waals surface area contributed by atoms with Gasteiger partial charge in [0.05, 0.1) is 4.88 Å². The molecule has 0 aliphatic carbocycles. The summed E-state index contributed by atoms with van der Waals surface area (Å²) in [6.45, 7) is 0. The van der Waals surface area contributed by atoms with Crippen LogP contribution in [0.3, 0.4) is 0 Å². The lowest BCUT2D eigenvalue weighted by Crippen LogP contribution is -1.78. The molecule has 0 amide bonds. The van der Waals surface area contributed by atoms with Crippen molar-refractivity contribution in [3.8, 4) is 21.0 Å². The van der Waals surface area contributed by atoms with E-state index in [9.17, 15) is 0 Å². The second kappa shape index (κ2) is 5.15. The van der Waals surface area contributed by atoms with Crippen molar-refractivity contribution in [2.75, 3.05) is 0 Å². The highest BCUT2D eigenvalue weighted by atomic mass is 32.1. The Morgan fingerprint density at radius 1 is 0.714 bits per heavy atom. The average Bonchev–Trinajstić information content (AvgIpc) is 3.05. The van der Waals surface area contributed by atoms with Gasteiger partial charge in [-0.05, 0) is 16.3 Å². The Balaban J connectivity index is 1.85. The average molecular weight is 287 g/mol. The maximum absolute atomic E-state index is 4.63. The second-order valence-corrected chi connectivity index (χ2v) is 5.95. The minimum absolute atomic E-state index is 1.07. The number of aromatic nitrogens is 1. The van der Waals surface area contributed by atoms with Gasteiger partial charge in [0.1, 0.15) is 5.01 Å². The molecule has 0 aliphatic heterocycles. The Kier molecular flexibility index (Phi) is 3.02. The molecule has 2 heteroatoms. The van der Waals surface area contributed by atoms with E-state index in [2.05, 4.69) is 71.7 Å². The first kappa shape index (κ1) is 12.3. The van der Waals surface area contributed by atoms with Crippen molar-refractivity contribution in [3.05, 3.63) is 79.0 Å². The first-order chi connectivity index (χ1) is 10.4. The molecule has 4 aromatic rings. The Morgan fingerprint density at radius 2 is 1.48 bits per heavy atom. The van der Waals surface area contributed by atoms with Crippen LogP contribution >= 0.6 is 11.3 Å². The highest BCUT2D eigenvalue weighted by molar-refractivity contribution is 7.18. The maximum Gasteiger partial charge on any atom is 0.124 e. The van der Waals surface area contributed by atoms with Gasteiger partial charge in [-0.15, -0.1) is 11.3 Å². The molecule has 100 valence electrons. The molecule has 0 unspecified atom stereocenters. The molecular formula is C19H13NS. The molecule has 1 nitrogen and oxygen atoms in total. The molecule has 21 heavy (non-hydrogen) atoms. The summed E-state index contributed by atoms with van der Waals surface area (Å²) in [5.41, 5.74) is 2.43. The van der Waals surface area contributed by atoms with Gasteiger partial charge in [-0.2, -0.15) is 0 Å². The summed E-state index contributed by atoms with van der Waals surface area (Å²) in [4.78, 5) is 5.84. The lowest BCUT2D eigenvalue weighted by molar-refractivity contribution is 1.42. The summed E-state index contributed by atoms with van der Waals surface area (Å²) in [6, 6.07) is 25.3. The number of benzene rings is 3. The van der Waals surface area contributed by atoms with Crippen molar-refractivity contribution in [2.24, 2.45) is 0 Å². The van der Waals surface area contributed by atoms with Gasteiger partial charge in [0.2, 0.25) is 0 Å². The zero-order valence-corrected chi connectivity index (χ0v) is 12.2. The van der Waals surface area contributed by atoms with Gasteiger partial charge in [-0.3, -0.25) is 0 Å². The van der Waals surface area contributed by atoms with Crippen LogP contribution in [0, 0.1) is 0 Å². The van der Waals surface area contributed by atoms with Gasteiger partial charge in [-0.25, -0.2) is 4.98 Å². The van der Waals surface area contributed by atoms with E-state index >= 15 is 0 Å². The number of hydrogen-bond donors (Lipinski definition) is 0. The van der Waals surface area contributed by atoms with Crippen LogP contribution in [0.15, 0.2) is 79.0 Å². The fourth-order valence-electron chi connectivity index (χ4n) is 2.55. The third kappa shape index (κ3) is 2.24. The predicted molar refractivity (Wildman–Crippen MR) is 90.5 cm³/mol. The first-order valence-corrected chi connectivity index (χ1v) is 7.73. The lowest BCUT2D eigenvalue weighted by Gasteiger charge is -2.03. The van der Waals surface area contributed by atoms with E-state index in [4.69, 9.17) is 0 Å². The normalized spacial score (nSPS) is 10.9. The molecule has 4 rings (SSSR count). The number of rotatable bonds is 2. The molecule has 0 fully saturated rings. The minimum atomic E-state index is 1.07. The van der Waals surface area contributed by atoms with Crippen LogP contribution in [0.1, 0.15) is 0 Å². The van der Waals surface area contributed by atoms with E-state index in [-0.39, 0.29) is 0 Å². The summed E-state index contributed by atoms with van der Waals surface area (Å²) in [7, 11) is 0. The first-order valence-electron chi connectivity index (χ1n) is 6.91. The SMILES string of the molecule is c1ccc(-c2cnc(-c3cccc4ccccc34)s2)cc1. The number of fused-ring (bicyclic) bond motifs is 1. The van der Waals surface area contributed by atoms with E-state index in [1.54, 1.807) is 11.3 Å². The van der Waals surface area contributed by atoms with Gasteiger partial charge in [-0.1, -0.05) is 72.8 Å². The van der Waals surface area contributed by atoms with E-state index < -0.39 is 0 Å². The van der Waals surface area contributed by atoms with Crippen LogP contribution in [0.2, 0.25) is 0 Å². The van der Waals surface area contributed by atoms with E-state index in [0.29, 0.717) is 0 Å². The summed E-state index contributed by atoms with van der Waals surface area (Å²) in [6.07, 6.45) is 1.97. The van der Waals surface area contributed by atoms with Crippen molar-refractivity contribution in [2.45, 2.75) is 0 Å². The third-order valence-corrected chi connectivity index (χ3v) is 4.66. The second-order valence-electron chi connectivity index (χ2n) is 4.92. The van der Waals surface area contributed by atoms with E-state index in [0.717, 1.165) is 5.01 Å². The molecule has 0 saturated heterocycles.